The second kappa shape index (κ2) is 3.31. The molecule has 0 aromatic heterocycles. The highest BCUT2D eigenvalue weighted by Gasteiger charge is 2.40. The molecule has 0 saturated heterocycles. The molecule has 1 nitrogen and oxygen atoms in total. The van der Waals surface area contributed by atoms with Gasteiger partial charge in [-0.05, 0) is 37.8 Å². The Bertz CT molecular complexity index is 344. The first-order chi connectivity index (χ1) is 6.89. The average Bonchev–Trinajstić information content (AvgIpc) is 2.82. The van der Waals surface area contributed by atoms with E-state index in [0.717, 1.165) is 18.4 Å². The molecule has 1 aliphatic rings. The smallest absolute Gasteiger partial charge is 0.130 e. The summed E-state index contributed by atoms with van der Waals surface area (Å²) < 4.78 is 13.6. The molecule has 82 valence electrons. The van der Waals surface area contributed by atoms with Crippen molar-refractivity contribution in [1.82, 2.24) is 0 Å². The molecule has 1 aliphatic carbocycles. The number of rotatable bonds is 3. The van der Waals surface area contributed by atoms with Crippen molar-refractivity contribution in [3.63, 3.8) is 0 Å². The number of halogens is 1. The van der Waals surface area contributed by atoms with Gasteiger partial charge in [0.2, 0.25) is 0 Å². The number of alkyl halides is 1. The van der Waals surface area contributed by atoms with Gasteiger partial charge in [0.05, 0.1) is 5.60 Å². The summed E-state index contributed by atoms with van der Waals surface area (Å²) in [7, 11) is 0. The third-order valence-electron chi connectivity index (χ3n) is 3.00. The molecule has 0 aliphatic heterocycles. The zero-order chi connectivity index (χ0) is 11.1. The Hall–Kier alpha value is -0.890. The van der Waals surface area contributed by atoms with Gasteiger partial charge in [-0.3, -0.25) is 0 Å². The summed E-state index contributed by atoms with van der Waals surface area (Å²) in [5, 5.41) is 9.74. The largest absolute Gasteiger partial charge is 0.390 e. The minimum atomic E-state index is -1.28. The van der Waals surface area contributed by atoms with E-state index in [1.807, 2.05) is 12.1 Å². The molecule has 0 atom stereocenters. The van der Waals surface area contributed by atoms with Crippen molar-refractivity contribution in [2.45, 2.75) is 44.4 Å². The fourth-order valence-electron chi connectivity index (χ4n) is 1.72. The molecule has 0 radical (unpaired) electrons. The first-order valence-corrected chi connectivity index (χ1v) is 5.40. The van der Waals surface area contributed by atoms with Crippen molar-refractivity contribution in [2.75, 3.05) is 0 Å². The molecule has 1 saturated carbocycles. The summed E-state index contributed by atoms with van der Waals surface area (Å²) in [6, 6.07) is 7.43. The van der Waals surface area contributed by atoms with Gasteiger partial charge >= 0.3 is 0 Å². The molecule has 1 fully saturated rings. The number of hydrogen-bond donors (Lipinski definition) is 1. The summed E-state index contributed by atoms with van der Waals surface area (Å²) >= 11 is 0. The fraction of sp³-hybridized carbons (Fsp3) is 0.538. The van der Waals surface area contributed by atoms with Crippen LogP contribution in [0.4, 0.5) is 4.39 Å². The summed E-state index contributed by atoms with van der Waals surface area (Å²) in [5.41, 5.74) is 0.0268. The molecule has 0 spiro atoms. The predicted molar refractivity (Wildman–Crippen MR) is 58.5 cm³/mol. The van der Waals surface area contributed by atoms with Crippen LogP contribution in [0.2, 0.25) is 0 Å². The zero-order valence-corrected chi connectivity index (χ0v) is 9.26. The van der Waals surface area contributed by atoms with Crippen molar-refractivity contribution in [1.29, 1.82) is 0 Å². The van der Waals surface area contributed by atoms with Crippen molar-refractivity contribution < 1.29 is 9.50 Å². The lowest BCUT2D eigenvalue weighted by molar-refractivity contribution is 0.151. The van der Waals surface area contributed by atoms with Crippen molar-refractivity contribution in [3.8, 4) is 0 Å². The van der Waals surface area contributed by atoms with Crippen LogP contribution >= 0.6 is 0 Å². The lowest BCUT2D eigenvalue weighted by Gasteiger charge is -2.15. The van der Waals surface area contributed by atoms with Crippen LogP contribution in [-0.4, -0.2) is 10.7 Å². The summed E-state index contributed by atoms with van der Waals surface area (Å²) in [6.45, 7) is 3.10. The molecule has 0 bridgehead atoms. The Labute approximate surface area is 89.9 Å². The van der Waals surface area contributed by atoms with Crippen LogP contribution in [0.3, 0.4) is 0 Å². The molecular formula is C13H17FO. The van der Waals surface area contributed by atoms with E-state index >= 15 is 0 Å². The molecule has 0 heterocycles. The van der Waals surface area contributed by atoms with Crippen molar-refractivity contribution in [3.05, 3.63) is 35.4 Å². The maximum absolute atomic E-state index is 13.6. The van der Waals surface area contributed by atoms with E-state index in [-0.39, 0.29) is 0 Å². The van der Waals surface area contributed by atoms with Crippen molar-refractivity contribution >= 4 is 0 Å². The van der Waals surface area contributed by atoms with Gasteiger partial charge in [-0.1, -0.05) is 24.3 Å². The molecule has 1 aromatic rings. The van der Waals surface area contributed by atoms with Crippen molar-refractivity contribution in [2.24, 2.45) is 0 Å². The standard InChI is InChI=1S/C13H17FO/c1-12(2,14)11-5-3-10(4-6-11)9-13(15)7-8-13/h3-6,15H,7-9H2,1-2H3. The van der Waals surface area contributed by atoms with Gasteiger partial charge in [0.15, 0.2) is 0 Å². The van der Waals surface area contributed by atoms with Crippen LogP contribution in [0.25, 0.3) is 0 Å². The second-order valence-electron chi connectivity index (χ2n) is 5.07. The van der Waals surface area contributed by atoms with Crippen LogP contribution in [0.1, 0.15) is 37.8 Å². The monoisotopic (exact) mass is 208 g/mol. The number of benzene rings is 1. The minimum Gasteiger partial charge on any atom is -0.390 e. The topological polar surface area (TPSA) is 20.2 Å². The van der Waals surface area contributed by atoms with Gasteiger partial charge in [-0.2, -0.15) is 0 Å². The highest BCUT2D eigenvalue weighted by Crippen LogP contribution is 2.38. The van der Waals surface area contributed by atoms with Crippen LogP contribution in [0.5, 0.6) is 0 Å². The zero-order valence-electron chi connectivity index (χ0n) is 9.26. The predicted octanol–water partition coefficient (Wildman–Crippen LogP) is 2.96. The highest BCUT2D eigenvalue weighted by molar-refractivity contribution is 5.28. The summed E-state index contributed by atoms with van der Waals surface area (Å²) in [6.07, 6.45) is 2.48. The molecule has 2 rings (SSSR count). The summed E-state index contributed by atoms with van der Waals surface area (Å²) in [4.78, 5) is 0. The Kier molecular flexibility index (Phi) is 2.34. The molecule has 1 N–H and O–H groups in total. The van der Waals surface area contributed by atoms with Gasteiger partial charge in [0.25, 0.3) is 0 Å². The SMILES string of the molecule is CC(C)(F)c1ccc(CC2(O)CC2)cc1. The maximum atomic E-state index is 13.6. The number of hydrogen-bond acceptors (Lipinski definition) is 1. The lowest BCUT2D eigenvalue weighted by Crippen LogP contribution is -2.12. The fourth-order valence-corrected chi connectivity index (χ4v) is 1.72. The van der Waals surface area contributed by atoms with Gasteiger partial charge in [0.1, 0.15) is 5.67 Å². The van der Waals surface area contributed by atoms with E-state index in [4.69, 9.17) is 0 Å². The summed E-state index contributed by atoms with van der Waals surface area (Å²) in [5.74, 6) is 0. The van der Waals surface area contributed by atoms with Crippen LogP contribution < -0.4 is 0 Å². The lowest BCUT2D eigenvalue weighted by atomic mass is 9.97. The van der Waals surface area contributed by atoms with Gasteiger partial charge in [0, 0.05) is 6.42 Å². The quantitative estimate of drug-likeness (QED) is 0.809. The average molecular weight is 208 g/mol. The third kappa shape index (κ3) is 2.57. The maximum Gasteiger partial charge on any atom is 0.130 e. The second-order valence-corrected chi connectivity index (χ2v) is 5.07. The van der Waals surface area contributed by atoms with E-state index in [1.54, 1.807) is 26.0 Å². The van der Waals surface area contributed by atoms with Gasteiger partial charge < -0.3 is 5.11 Å². The molecule has 15 heavy (non-hydrogen) atoms. The van der Waals surface area contributed by atoms with E-state index < -0.39 is 11.3 Å². The van der Waals surface area contributed by atoms with Crippen LogP contribution in [-0.2, 0) is 12.1 Å². The molecular weight excluding hydrogens is 191 g/mol. The van der Waals surface area contributed by atoms with Crippen LogP contribution in [0.15, 0.2) is 24.3 Å². The Morgan fingerprint density at radius 3 is 2.20 bits per heavy atom. The molecule has 1 aromatic carbocycles. The van der Waals surface area contributed by atoms with E-state index in [1.165, 1.54) is 0 Å². The van der Waals surface area contributed by atoms with Gasteiger partial charge in [-0.15, -0.1) is 0 Å². The first kappa shape index (κ1) is 10.6. The highest BCUT2D eigenvalue weighted by atomic mass is 19.1. The Balaban J connectivity index is 2.10. The minimum absolute atomic E-state index is 0.466. The third-order valence-corrected chi connectivity index (χ3v) is 3.00. The van der Waals surface area contributed by atoms with E-state index in [0.29, 0.717) is 12.0 Å². The normalized spacial score (nSPS) is 18.9. The van der Waals surface area contributed by atoms with E-state index in [9.17, 15) is 9.50 Å². The van der Waals surface area contributed by atoms with E-state index in [2.05, 4.69) is 0 Å². The number of aliphatic hydroxyl groups is 1. The van der Waals surface area contributed by atoms with Gasteiger partial charge in [-0.25, -0.2) is 4.39 Å². The Morgan fingerprint density at radius 1 is 1.27 bits per heavy atom. The Morgan fingerprint density at radius 2 is 1.80 bits per heavy atom. The molecule has 0 unspecified atom stereocenters. The first-order valence-electron chi connectivity index (χ1n) is 5.40. The molecule has 2 heteroatoms. The molecule has 0 amide bonds. The van der Waals surface area contributed by atoms with Crippen LogP contribution in [0, 0.1) is 0 Å².